The van der Waals surface area contributed by atoms with Crippen molar-refractivity contribution in [1.82, 2.24) is 0 Å². The fraction of sp³-hybridized carbons (Fsp3) is 0. The predicted octanol–water partition coefficient (Wildman–Crippen LogP) is 7.05. The first kappa shape index (κ1) is 28.2. The van der Waals surface area contributed by atoms with E-state index in [9.17, 15) is 42.1 Å². The molecule has 4 aromatic carbocycles. The summed E-state index contributed by atoms with van der Waals surface area (Å²) in [5, 5.41) is 79.5. The third-order valence-electron chi connectivity index (χ3n) is 7.87. The van der Waals surface area contributed by atoms with E-state index in [2.05, 4.69) is 24.3 Å². The molecule has 46 heavy (non-hydrogen) atoms. The zero-order valence-corrected chi connectivity index (χ0v) is 23.5. The number of nitrogens with zero attached hydrogens (tertiary/aromatic N) is 8. The molecule has 0 heterocycles. The van der Waals surface area contributed by atoms with Crippen LogP contribution in [0.5, 0.6) is 0 Å². The Balaban J connectivity index is 1.84. The molecular formula is C38H12N8. The number of hydrogen-bond donors (Lipinski definition) is 0. The van der Waals surface area contributed by atoms with Crippen LogP contribution in [0.2, 0.25) is 0 Å². The molecule has 0 aromatic heterocycles. The highest BCUT2D eigenvalue weighted by atomic mass is 14.4. The normalized spacial score (nSPS) is 11.6. The summed E-state index contributed by atoms with van der Waals surface area (Å²) in [7, 11) is 0. The number of hydrogen-bond acceptors (Lipinski definition) is 8. The first-order chi connectivity index (χ1) is 22.5. The summed E-state index contributed by atoms with van der Waals surface area (Å²) in [4.78, 5) is 0. The number of rotatable bonds is 2. The van der Waals surface area contributed by atoms with Crippen LogP contribution in [-0.4, -0.2) is 0 Å². The maximum atomic E-state index is 10.2. The molecule has 4 aromatic rings. The summed E-state index contributed by atoms with van der Waals surface area (Å²) in [5.74, 6) is 0. The maximum absolute atomic E-state index is 10.2. The molecule has 6 rings (SSSR count). The Hall–Kier alpha value is -7.98. The van der Waals surface area contributed by atoms with Gasteiger partial charge in [-0.3, -0.25) is 0 Å². The molecule has 0 saturated carbocycles. The van der Waals surface area contributed by atoms with Gasteiger partial charge < -0.3 is 0 Å². The van der Waals surface area contributed by atoms with Crippen LogP contribution in [0.25, 0.3) is 44.5 Å². The van der Waals surface area contributed by atoms with Crippen molar-refractivity contribution in [1.29, 1.82) is 42.1 Å². The Morgan fingerprint density at radius 2 is 0.696 bits per heavy atom. The van der Waals surface area contributed by atoms with Crippen molar-refractivity contribution in [3.63, 3.8) is 0 Å². The van der Waals surface area contributed by atoms with Crippen molar-refractivity contribution in [2.75, 3.05) is 0 Å². The zero-order valence-electron chi connectivity index (χ0n) is 23.5. The van der Waals surface area contributed by atoms with Crippen molar-refractivity contribution in [2.45, 2.75) is 0 Å². The molecule has 2 aliphatic carbocycles. The summed E-state index contributed by atoms with van der Waals surface area (Å²) in [5.41, 5.74) is 6.27. The number of allylic oxidation sites excluding steroid dienone is 6. The largest absolute Gasteiger partial charge is 0.192 e. The van der Waals surface area contributed by atoms with Gasteiger partial charge in [0.2, 0.25) is 0 Å². The van der Waals surface area contributed by atoms with E-state index in [1.807, 2.05) is 24.3 Å². The smallest absolute Gasteiger partial charge is 0.138 e. The summed E-state index contributed by atoms with van der Waals surface area (Å²) < 4.78 is 0. The number of benzene rings is 4. The van der Waals surface area contributed by atoms with Gasteiger partial charge in [0.05, 0.1) is 46.5 Å². The molecule has 0 saturated heterocycles. The molecule has 2 aliphatic rings. The Morgan fingerprint density at radius 3 is 0.978 bits per heavy atom. The van der Waals surface area contributed by atoms with Crippen molar-refractivity contribution in [2.24, 2.45) is 0 Å². The minimum Gasteiger partial charge on any atom is -0.192 e. The van der Waals surface area contributed by atoms with E-state index in [1.165, 1.54) is 12.1 Å². The summed E-state index contributed by atoms with van der Waals surface area (Å²) in [6, 6.07) is 36.2. The maximum Gasteiger partial charge on any atom is 0.138 e. The van der Waals surface area contributed by atoms with E-state index in [0.717, 1.165) is 0 Å². The predicted molar refractivity (Wildman–Crippen MR) is 166 cm³/mol. The Kier molecular flexibility index (Phi) is 6.74. The second kappa shape index (κ2) is 11.0. The Morgan fingerprint density at radius 1 is 0.391 bits per heavy atom. The summed E-state index contributed by atoms with van der Waals surface area (Å²) >= 11 is 0. The molecule has 0 bridgehead atoms. The van der Waals surface area contributed by atoms with Crippen LogP contribution in [0.4, 0.5) is 0 Å². The van der Waals surface area contributed by atoms with Gasteiger partial charge in [-0.05, 0) is 80.9 Å². The van der Waals surface area contributed by atoms with Gasteiger partial charge in [0.1, 0.15) is 35.4 Å². The minimum atomic E-state index is -0.201. The first-order valence-electron chi connectivity index (χ1n) is 13.5. The molecule has 0 fully saturated rings. The Bertz CT molecular complexity index is 2280. The van der Waals surface area contributed by atoms with Gasteiger partial charge in [0.15, 0.2) is 0 Å². The van der Waals surface area contributed by atoms with Gasteiger partial charge in [-0.15, -0.1) is 0 Å². The van der Waals surface area contributed by atoms with Gasteiger partial charge in [0, 0.05) is 22.3 Å². The molecule has 0 atom stereocenters. The highest BCUT2D eigenvalue weighted by molar-refractivity contribution is 6.39. The van der Waals surface area contributed by atoms with Gasteiger partial charge in [0.25, 0.3) is 0 Å². The molecule has 0 spiro atoms. The van der Waals surface area contributed by atoms with E-state index >= 15 is 0 Å². The first-order valence-corrected chi connectivity index (χ1v) is 13.5. The van der Waals surface area contributed by atoms with Gasteiger partial charge in [-0.1, -0.05) is 36.4 Å². The van der Waals surface area contributed by atoms with Crippen LogP contribution in [-0.2, 0) is 0 Å². The minimum absolute atomic E-state index is 0.201. The average molecular weight is 581 g/mol. The fourth-order valence-electron chi connectivity index (χ4n) is 6.18. The highest BCUT2D eigenvalue weighted by Gasteiger charge is 2.42. The van der Waals surface area contributed by atoms with E-state index < -0.39 is 0 Å². The molecule has 8 nitrogen and oxygen atoms in total. The lowest BCUT2D eigenvalue weighted by Crippen LogP contribution is -1.99. The van der Waals surface area contributed by atoms with Crippen molar-refractivity contribution >= 4 is 22.3 Å². The quantitative estimate of drug-likeness (QED) is 0.225. The summed E-state index contributed by atoms with van der Waals surface area (Å²) in [6.07, 6.45) is 0. The zero-order chi connectivity index (χ0) is 32.5. The third kappa shape index (κ3) is 4.08. The molecule has 0 aliphatic heterocycles. The molecule has 204 valence electrons. The van der Waals surface area contributed by atoms with Crippen molar-refractivity contribution in [3.05, 3.63) is 128 Å². The second-order valence-corrected chi connectivity index (χ2v) is 10.2. The lowest BCUT2D eigenvalue weighted by atomic mass is 9.84. The van der Waals surface area contributed by atoms with Gasteiger partial charge in [-0.25, -0.2) is 0 Å². The van der Waals surface area contributed by atoms with Crippen LogP contribution in [0.3, 0.4) is 0 Å². The van der Waals surface area contributed by atoms with E-state index in [0.29, 0.717) is 66.8 Å². The van der Waals surface area contributed by atoms with E-state index in [1.54, 1.807) is 60.7 Å². The van der Waals surface area contributed by atoms with Crippen LogP contribution in [0, 0.1) is 90.6 Å². The monoisotopic (exact) mass is 580 g/mol. The topological polar surface area (TPSA) is 190 Å². The highest BCUT2D eigenvalue weighted by Crippen LogP contribution is 2.62. The van der Waals surface area contributed by atoms with Crippen LogP contribution in [0.15, 0.2) is 83.9 Å². The van der Waals surface area contributed by atoms with E-state index in [-0.39, 0.29) is 33.4 Å². The molecule has 0 unspecified atom stereocenters. The fourth-order valence-corrected chi connectivity index (χ4v) is 6.18. The lowest BCUT2D eigenvalue weighted by Gasteiger charge is -2.18. The second-order valence-electron chi connectivity index (χ2n) is 10.2. The van der Waals surface area contributed by atoms with Crippen LogP contribution >= 0.6 is 0 Å². The van der Waals surface area contributed by atoms with E-state index in [4.69, 9.17) is 0 Å². The molecule has 0 amide bonds. The van der Waals surface area contributed by atoms with Crippen LogP contribution in [0.1, 0.15) is 44.5 Å². The molecule has 0 radical (unpaired) electrons. The van der Waals surface area contributed by atoms with Gasteiger partial charge in [-0.2, -0.15) is 42.1 Å². The average Bonchev–Trinajstić information content (AvgIpc) is 3.62. The lowest BCUT2D eigenvalue weighted by molar-refractivity contribution is 1.43. The van der Waals surface area contributed by atoms with Crippen LogP contribution < -0.4 is 0 Å². The summed E-state index contributed by atoms with van der Waals surface area (Å²) in [6.45, 7) is 0. The van der Waals surface area contributed by atoms with Gasteiger partial charge >= 0.3 is 0 Å². The van der Waals surface area contributed by atoms with Crippen molar-refractivity contribution in [3.8, 4) is 70.8 Å². The third-order valence-corrected chi connectivity index (χ3v) is 7.87. The standard InChI is InChI=1S/C38H12N8/c39-13-21-7-22(14-40)10-25(9-21)29-3-1-5-31-33(27(17-43)18-44)37-36-30(26-11-23(15-41)8-24(12-26)16-42)4-2-6-32(36)34(28(19-45)20-46)38(37)35(29)31/h1-12H. The molecular weight excluding hydrogens is 568 g/mol. The number of nitriles is 8. The number of fused-ring (bicyclic) bond motifs is 4. The molecule has 8 heteroatoms. The van der Waals surface area contributed by atoms with Crippen molar-refractivity contribution < 1.29 is 0 Å². The Labute approximate surface area is 263 Å². The SMILES string of the molecule is N#CC(C#N)=C1C2=C(C(=C(C#N)C#N)c3cccc(-c4cc(C#N)cc(C#N)c4)c32)c2c1cccc2-c1cc(C#N)cc(C#N)c1. The molecule has 0 N–H and O–H groups in total.